The number of anilines is 1. The van der Waals surface area contributed by atoms with E-state index in [9.17, 15) is 4.79 Å². The number of nitrogen functional groups attached to an aromatic ring is 1. The number of aromatic amines is 1. The minimum Gasteiger partial charge on any atom is -0.396 e. The molecule has 98 valence electrons. The fraction of sp³-hybridized carbons (Fsp3) is 0.667. The fourth-order valence-electron chi connectivity index (χ4n) is 2.97. The minimum absolute atomic E-state index is 0.0183. The highest BCUT2D eigenvalue weighted by Gasteiger charge is 2.32. The third-order valence-corrected chi connectivity index (χ3v) is 4.01. The number of carbonyl (C=O) groups excluding carboxylic acids is 1. The van der Waals surface area contributed by atoms with Crippen molar-refractivity contribution in [2.75, 3.05) is 31.9 Å². The predicted octanol–water partition coefficient (Wildman–Crippen LogP) is 0.302. The number of piperidine rings is 1. The van der Waals surface area contributed by atoms with Crippen LogP contribution in [-0.4, -0.2) is 58.1 Å². The maximum Gasteiger partial charge on any atom is 0.274 e. The lowest BCUT2D eigenvalue weighted by molar-refractivity contribution is 0.0369. The monoisotopic (exact) mass is 249 g/mol. The van der Waals surface area contributed by atoms with E-state index in [1.807, 2.05) is 4.90 Å². The number of amides is 1. The number of carbonyl (C=O) groups is 1. The van der Waals surface area contributed by atoms with E-state index >= 15 is 0 Å². The van der Waals surface area contributed by atoms with E-state index in [1.165, 1.54) is 32.0 Å². The summed E-state index contributed by atoms with van der Waals surface area (Å²) in [6.45, 7) is 3.76. The molecule has 2 saturated heterocycles. The van der Waals surface area contributed by atoms with Crippen LogP contribution < -0.4 is 5.73 Å². The predicted molar refractivity (Wildman–Crippen MR) is 68.1 cm³/mol. The van der Waals surface area contributed by atoms with Crippen molar-refractivity contribution >= 4 is 11.6 Å². The van der Waals surface area contributed by atoms with E-state index in [1.54, 1.807) is 0 Å². The smallest absolute Gasteiger partial charge is 0.274 e. The molecule has 2 aliphatic rings. The zero-order valence-corrected chi connectivity index (χ0v) is 10.4. The summed E-state index contributed by atoms with van der Waals surface area (Å²) >= 11 is 0. The summed E-state index contributed by atoms with van der Waals surface area (Å²) in [5.41, 5.74) is 6.59. The van der Waals surface area contributed by atoms with Gasteiger partial charge in [0.05, 0.1) is 11.9 Å². The van der Waals surface area contributed by atoms with Crippen LogP contribution in [0.5, 0.6) is 0 Å². The molecule has 0 bridgehead atoms. The molecular formula is C12H19N5O. The highest BCUT2D eigenvalue weighted by molar-refractivity contribution is 5.97. The van der Waals surface area contributed by atoms with Crippen LogP contribution >= 0.6 is 0 Å². The average Bonchev–Trinajstić information content (AvgIpc) is 2.83. The van der Waals surface area contributed by atoms with Crippen LogP contribution in [0.4, 0.5) is 5.69 Å². The number of nitrogens with two attached hydrogens (primary N) is 1. The van der Waals surface area contributed by atoms with Gasteiger partial charge in [0.1, 0.15) is 5.69 Å². The number of nitrogens with one attached hydrogen (secondary N) is 1. The zero-order chi connectivity index (χ0) is 12.5. The average molecular weight is 249 g/mol. The molecule has 3 heterocycles. The van der Waals surface area contributed by atoms with E-state index < -0.39 is 0 Å². The Morgan fingerprint density at radius 1 is 1.39 bits per heavy atom. The summed E-state index contributed by atoms with van der Waals surface area (Å²) in [6.07, 6.45) is 5.25. The second-order valence-corrected chi connectivity index (χ2v) is 5.14. The van der Waals surface area contributed by atoms with Gasteiger partial charge in [-0.1, -0.05) is 6.42 Å². The summed E-state index contributed by atoms with van der Waals surface area (Å²) in [6, 6.07) is 0.528. The van der Waals surface area contributed by atoms with Crippen molar-refractivity contribution in [3.8, 4) is 0 Å². The lowest BCUT2D eigenvalue weighted by Crippen LogP contribution is -2.56. The first-order valence-electron chi connectivity index (χ1n) is 6.58. The van der Waals surface area contributed by atoms with Crippen molar-refractivity contribution in [1.82, 2.24) is 20.0 Å². The fourth-order valence-corrected chi connectivity index (χ4v) is 2.97. The second-order valence-electron chi connectivity index (χ2n) is 5.14. The summed E-state index contributed by atoms with van der Waals surface area (Å²) in [5.74, 6) is -0.0183. The molecule has 18 heavy (non-hydrogen) atoms. The molecule has 3 N–H and O–H groups in total. The third-order valence-electron chi connectivity index (χ3n) is 4.01. The molecule has 3 rings (SSSR count). The minimum atomic E-state index is -0.0183. The van der Waals surface area contributed by atoms with E-state index in [2.05, 4.69) is 15.1 Å². The summed E-state index contributed by atoms with van der Waals surface area (Å²) in [5, 5.41) is 6.51. The molecular weight excluding hydrogens is 230 g/mol. The summed E-state index contributed by atoms with van der Waals surface area (Å²) in [7, 11) is 0. The molecule has 1 atom stereocenters. The lowest BCUT2D eigenvalue weighted by atomic mass is 9.99. The van der Waals surface area contributed by atoms with Crippen LogP contribution in [0.25, 0.3) is 0 Å². The number of rotatable bonds is 1. The first-order chi connectivity index (χ1) is 8.75. The Bertz CT molecular complexity index is 443. The Kier molecular flexibility index (Phi) is 2.95. The summed E-state index contributed by atoms with van der Waals surface area (Å²) in [4.78, 5) is 16.7. The largest absolute Gasteiger partial charge is 0.396 e. The van der Waals surface area contributed by atoms with Gasteiger partial charge in [0.2, 0.25) is 0 Å². The van der Waals surface area contributed by atoms with Crippen molar-refractivity contribution in [2.24, 2.45) is 0 Å². The normalized spacial score (nSPS) is 24.9. The second kappa shape index (κ2) is 4.61. The third kappa shape index (κ3) is 1.96. The van der Waals surface area contributed by atoms with Crippen molar-refractivity contribution in [3.63, 3.8) is 0 Å². The van der Waals surface area contributed by atoms with Gasteiger partial charge in [0.15, 0.2) is 0 Å². The maximum absolute atomic E-state index is 12.3. The van der Waals surface area contributed by atoms with Crippen LogP contribution in [0.3, 0.4) is 0 Å². The Morgan fingerprint density at radius 2 is 2.28 bits per heavy atom. The van der Waals surface area contributed by atoms with Gasteiger partial charge in [0, 0.05) is 25.7 Å². The quantitative estimate of drug-likeness (QED) is 0.750. The Hall–Kier alpha value is -1.56. The van der Waals surface area contributed by atoms with E-state index in [4.69, 9.17) is 5.73 Å². The molecule has 1 amide bonds. The number of nitrogens with zero attached hydrogens (tertiary/aromatic N) is 3. The molecule has 0 aliphatic carbocycles. The van der Waals surface area contributed by atoms with Crippen molar-refractivity contribution in [3.05, 3.63) is 11.9 Å². The molecule has 1 unspecified atom stereocenters. The van der Waals surface area contributed by atoms with Gasteiger partial charge < -0.3 is 10.6 Å². The molecule has 0 saturated carbocycles. The van der Waals surface area contributed by atoms with E-state index in [0.717, 1.165) is 19.6 Å². The molecule has 2 aliphatic heterocycles. The zero-order valence-electron chi connectivity index (χ0n) is 10.4. The van der Waals surface area contributed by atoms with Gasteiger partial charge in [-0.05, 0) is 19.4 Å². The molecule has 6 nitrogen and oxygen atoms in total. The van der Waals surface area contributed by atoms with Gasteiger partial charge in [-0.2, -0.15) is 5.10 Å². The van der Waals surface area contributed by atoms with Crippen LogP contribution in [-0.2, 0) is 0 Å². The first-order valence-corrected chi connectivity index (χ1v) is 6.58. The first kappa shape index (κ1) is 11.5. The van der Waals surface area contributed by atoms with Gasteiger partial charge in [-0.25, -0.2) is 0 Å². The van der Waals surface area contributed by atoms with Gasteiger partial charge in [-0.15, -0.1) is 0 Å². The Balaban J connectivity index is 1.70. The maximum atomic E-state index is 12.3. The van der Waals surface area contributed by atoms with Crippen molar-refractivity contribution in [1.29, 1.82) is 0 Å². The Labute approximate surface area is 106 Å². The number of fused-ring (bicyclic) bond motifs is 1. The SMILES string of the molecule is Nc1cn[nH]c1C(=O)N1CCN2CCCCC2C1. The molecule has 1 aromatic heterocycles. The van der Waals surface area contributed by atoms with Gasteiger partial charge >= 0.3 is 0 Å². The number of piperazine rings is 1. The van der Waals surface area contributed by atoms with Crippen molar-refractivity contribution < 1.29 is 4.79 Å². The highest BCUT2D eigenvalue weighted by Crippen LogP contribution is 2.22. The molecule has 0 radical (unpaired) electrons. The molecule has 0 aromatic carbocycles. The van der Waals surface area contributed by atoms with Crippen molar-refractivity contribution in [2.45, 2.75) is 25.3 Å². The van der Waals surface area contributed by atoms with Gasteiger partial charge in [0.25, 0.3) is 5.91 Å². The number of H-pyrrole nitrogens is 1. The number of hydrogen-bond acceptors (Lipinski definition) is 4. The number of aromatic nitrogens is 2. The van der Waals surface area contributed by atoms with Crippen LogP contribution in [0.1, 0.15) is 29.8 Å². The Morgan fingerprint density at radius 3 is 3.06 bits per heavy atom. The summed E-state index contributed by atoms with van der Waals surface area (Å²) < 4.78 is 0. The van der Waals surface area contributed by atoms with Crippen LogP contribution in [0.15, 0.2) is 6.20 Å². The molecule has 6 heteroatoms. The standard InChI is InChI=1S/C12H19N5O/c13-10-7-14-15-11(10)12(18)17-6-5-16-4-2-1-3-9(16)8-17/h7,9H,1-6,8,13H2,(H,14,15). The molecule has 1 aromatic rings. The lowest BCUT2D eigenvalue weighted by Gasteiger charge is -2.43. The van der Waals surface area contributed by atoms with Gasteiger partial charge in [-0.3, -0.25) is 14.8 Å². The van der Waals surface area contributed by atoms with Crippen LogP contribution in [0, 0.1) is 0 Å². The topological polar surface area (TPSA) is 78.2 Å². The number of hydrogen-bond donors (Lipinski definition) is 2. The van der Waals surface area contributed by atoms with Crippen LogP contribution in [0.2, 0.25) is 0 Å². The molecule has 0 spiro atoms. The van der Waals surface area contributed by atoms with E-state index in [0.29, 0.717) is 17.4 Å². The molecule has 2 fully saturated rings. The highest BCUT2D eigenvalue weighted by atomic mass is 16.2. The van der Waals surface area contributed by atoms with E-state index in [-0.39, 0.29) is 5.91 Å².